The number of ether oxygens (including phenoxy) is 1. The molecular weight excluding hydrogens is 450 g/mol. The van der Waals surface area contributed by atoms with E-state index in [4.69, 9.17) is 4.74 Å². The van der Waals surface area contributed by atoms with Crippen LogP contribution in [0.25, 0.3) is 5.57 Å². The summed E-state index contributed by atoms with van der Waals surface area (Å²) in [6.45, 7) is 6.37. The zero-order valence-corrected chi connectivity index (χ0v) is 23.0. The zero-order chi connectivity index (χ0) is 25.6. The molecule has 2 bridgehead atoms. The van der Waals surface area contributed by atoms with Crippen LogP contribution >= 0.6 is 0 Å². The molecule has 200 valence electrons. The van der Waals surface area contributed by atoms with Gasteiger partial charge in [-0.05, 0) is 111 Å². The molecule has 0 aromatic heterocycles. The Morgan fingerprint density at radius 3 is 2.11 bits per heavy atom. The van der Waals surface area contributed by atoms with Gasteiger partial charge in [0.05, 0.1) is 6.10 Å². The summed E-state index contributed by atoms with van der Waals surface area (Å²) in [5.41, 5.74) is 2.61. The van der Waals surface area contributed by atoms with Crippen molar-refractivity contribution in [2.45, 2.75) is 130 Å². The number of benzene rings is 1. The quantitative estimate of drug-likeness (QED) is 0.246. The van der Waals surface area contributed by atoms with Gasteiger partial charge in [0.25, 0.3) is 0 Å². The zero-order valence-electron chi connectivity index (χ0n) is 23.0. The van der Waals surface area contributed by atoms with Gasteiger partial charge in [0, 0.05) is 0 Å². The summed E-state index contributed by atoms with van der Waals surface area (Å²) in [5.74, 6) is -0.870. The molecular formula is C33H48F2O. The van der Waals surface area contributed by atoms with Crippen LogP contribution in [0, 0.1) is 28.4 Å². The molecule has 1 unspecified atom stereocenters. The van der Waals surface area contributed by atoms with Crippen molar-refractivity contribution in [1.29, 1.82) is 0 Å². The van der Waals surface area contributed by atoms with Gasteiger partial charge >= 0.3 is 0 Å². The molecule has 1 aromatic rings. The molecule has 3 saturated carbocycles. The maximum absolute atomic E-state index is 14.9. The summed E-state index contributed by atoms with van der Waals surface area (Å²) in [4.78, 5) is 0. The van der Waals surface area contributed by atoms with Crippen molar-refractivity contribution in [3.63, 3.8) is 0 Å². The first-order chi connectivity index (χ1) is 17.4. The van der Waals surface area contributed by atoms with E-state index in [1.54, 1.807) is 0 Å². The number of fused-ring (bicyclic) bond motifs is 3. The van der Waals surface area contributed by atoms with Gasteiger partial charge in [-0.25, -0.2) is 8.78 Å². The van der Waals surface area contributed by atoms with E-state index in [1.165, 1.54) is 89.2 Å². The molecule has 3 heteroatoms. The fourth-order valence-corrected chi connectivity index (χ4v) is 7.22. The fraction of sp³-hybridized carbons (Fsp3) is 0.697. The molecule has 0 heterocycles. The van der Waals surface area contributed by atoms with Crippen LogP contribution in [0.15, 0.2) is 30.4 Å². The van der Waals surface area contributed by atoms with Gasteiger partial charge in [-0.15, -0.1) is 0 Å². The van der Waals surface area contributed by atoms with Crippen LogP contribution in [0.2, 0.25) is 0 Å². The summed E-state index contributed by atoms with van der Waals surface area (Å²) < 4.78 is 35.5. The fourth-order valence-electron chi connectivity index (χ4n) is 7.22. The molecule has 3 fully saturated rings. The Morgan fingerprint density at radius 2 is 1.53 bits per heavy atom. The van der Waals surface area contributed by atoms with E-state index < -0.39 is 11.6 Å². The lowest BCUT2D eigenvalue weighted by molar-refractivity contribution is -0.0403. The molecule has 0 amide bonds. The van der Waals surface area contributed by atoms with E-state index in [0.29, 0.717) is 22.3 Å². The monoisotopic (exact) mass is 498 g/mol. The van der Waals surface area contributed by atoms with Gasteiger partial charge < -0.3 is 4.74 Å². The molecule has 4 aliphatic rings. The van der Waals surface area contributed by atoms with Gasteiger partial charge in [0.1, 0.15) is 0 Å². The first kappa shape index (κ1) is 27.4. The minimum atomic E-state index is -0.598. The molecule has 1 aromatic carbocycles. The Kier molecular flexibility index (Phi) is 9.34. The highest BCUT2D eigenvalue weighted by molar-refractivity contribution is 5.75. The van der Waals surface area contributed by atoms with Crippen molar-refractivity contribution in [3.8, 4) is 5.75 Å². The van der Waals surface area contributed by atoms with E-state index >= 15 is 0 Å². The second-order valence-electron chi connectivity index (χ2n) is 12.2. The Bertz CT molecular complexity index is 882. The smallest absolute Gasteiger partial charge is 0.191 e. The SMILES string of the molecule is CCCCCC[C@@H](C)Oc1c(F)cc(C2=CCC([C@]34CC[C@](CCCCC)(CC3)CC4)C=C2)cc1F. The van der Waals surface area contributed by atoms with Crippen molar-refractivity contribution >= 4 is 5.57 Å². The first-order valence-electron chi connectivity index (χ1n) is 14.9. The highest BCUT2D eigenvalue weighted by Crippen LogP contribution is 2.62. The maximum Gasteiger partial charge on any atom is 0.191 e. The van der Waals surface area contributed by atoms with Gasteiger partial charge in [0.15, 0.2) is 17.4 Å². The standard InChI is InChI=1S/C33H48F2O/c1-4-6-8-9-11-25(3)36-31-29(34)23-27(24-30(31)35)26-12-14-28(15-13-26)33-20-17-32(18-21-33,19-22-33)16-10-7-5-2/h12-14,23-25,28H,4-11,15-22H2,1-3H3/t25-,28?,32-,33-/m1/s1. The lowest BCUT2D eigenvalue weighted by Crippen LogP contribution is -2.45. The van der Waals surface area contributed by atoms with Crippen LogP contribution in [0.5, 0.6) is 5.75 Å². The molecule has 36 heavy (non-hydrogen) atoms. The lowest BCUT2D eigenvalue weighted by atomic mass is 9.48. The number of halogens is 2. The lowest BCUT2D eigenvalue weighted by Gasteiger charge is -2.56. The summed E-state index contributed by atoms with van der Waals surface area (Å²) in [6.07, 6.45) is 26.5. The van der Waals surface area contributed by atoms with E-state index in [1.807, 2.05) is 6.92 Å². The first-order valence-corrected chi connectivity index (χ1v) is 14.9. The average Bonchev–Trinajstić information content (AvgIpc) is 2.90. The van der Waals surface area contributed by atoms with Gasteiger partial charge in [-0.2, -0.15) is 0 Å². The third kappa shape index (κ3) is 6.25. The van der Waals surface area contributed by atoms with Crippen LogP contribution in [0.3, 0.4) is 0 Å². The summed E-state index contributed by atoms with van der Waals surface area (Å²) in [7, 11) is 0. The highest BCUT2D eigenvalue weighted by atomic mass is 19.1. The van der Waals surface area contributed by atoms with Crippen molar-refractivity contribution in [1.82, 2.24) is 0 Å². The van der Waals surface area contributed by atoms with E-state index in [9.17, 15) is 8.78 Å². The number of hydrogen-bond donors (Lipinski definition) is 0. The average molecular weight is 499 g/mol. The second kappa shape index (κ2) is 12.3. The Balaban J connectivity index is 1.34. The van der Waals surface area contributed by atoms with Crippen LogP contribution in [-0.2, 0) is 0 Å². The largest absolute Gasteiger partial charge is 0.485 e. The molecule has 0 N–H and O–H groups in total. The van der Waals surface area contributed by atoms with Crippen molar-refractivity contribution in [2.24, 2.45) is 16.7 Å². The van der Waals surface area contributed by atoms with Crippen LogP contribution in [-0.4, -0.2) is 6.10 Å². The predicted molar refractivity (Wildman–Crippen MR) is 147 cm³/mol. The highest BCUT2D eigenvalue weighted by Gasteiger charge is 2.50. The van der Waals surface area contributed by atoms with Crippen LogP contribution < -0.4 is 4.74 Å². The summed E-state index contributed by atoms with van der Waals surface area (Å²) >= 11 is 0. The molecule has 0 radical (unpaired) electrons. The number of allylic oxidation sites excluding steroid dienone is 4. The van der Waals surface area contributed by atoms with Gasteiger partial charge in [-0.1, -0.05) is 70.6 Å². The van der Waals surface area contributed by atoms with Gasteiger partial charge in [-0.3, -0.25) is 0 Å². The summed E-state index contributed by atoms with van der Waals surface area (Å²) in [6, 6.07) is 2.89. The normalized spacial score (nSPS) is 28.2. The molecule has 4 aliphatic carbocycles. The van der Waals surface area contributed by atoms with Crippen molar-refractivity contribution in [3.05, 3.63) is 47.6 Å². The third-order valence-corrected chi connectivity index (χ3v) is 9.77. The summed E-state index contributed by atoms with van der Waals surface area (Å²) in [5, 5.41) is 0. The second-order valence-corrected chi connectivity index (χ2v) is 12.2. The molecule has 0 saturated heterocycles. The molecule has 1 nitrogen and oxygen atoms in total. The Morgan fingerprint density at radius 1 is 0.889 bits per heavy atom. The topological polar surface area (TPSA) is 9.23 Å². The Hall–Kier alpha value is -1.64. The van der Waals surface area contributed by atoms with Crippen molar-refractivity contribution < 1.29 is 13.5 Å². The van der Waals surface area contributed by atoms with E-state index in [-0.39, 0.29) is 11.9 Å². The number of hydrogen-bond acceptors (Lipinski definition) is 1. The number of unbranched alkanes of at least 4 members (excludes halogenated alkanes) is 5. The molecule has 0 aliphatic heterocycles. The van der Waals surface area contributed by atoms with Crippen LogP contribution in [0.4, 0.5) is 8.78 Å². The number of rotatable bonds is 13. The van der Waals surface area contributed by atoms with E-state index in [2.05, 4.69) is 32.1 Å². The predicted octanol–water partition coefficient (Wildman–Crippen LogP) is 10.6. The Labute approximate surface area is 218 Å². The molecule has 5 rings (SSSR count). The van der Waals surface area contributed by atoms with Gasteiger partial charge in [0.2, 0.25) is 0 Å². The van der Waals surface area contributed by atoms with Crippen molar-refractivity contribution in [2.75, 3.05) is 0 Å². The van der Waals surface area contributed by atoms with Crippen LogP contribution in [0.1, 0.15) is 129 Å². The minimum Gasteiger partial charge on any atom is -0.485 e. The molecule has 0 spiro atoms. The third-order valence-electron chi connectivity index (χ3n) is 9.77. The minimum absolute atomic E-state index is 0.193. The van der Waals surface area contributed by atoms with E-state index in [0.717, 1.165) is 31.3 Å². The molecule has 2 atom stereocenters. The maximum atomic E-state index is 14.9.